The number of benzene rings is 2. The third kappa shape index (κ3) is 7.86. The van der Waals surface area contributed by atoms with Crippen molar-refractivity contribution in [2.45, 2.75) is 31.7 Å². The van der Waals surface area contributed by atoms with Crippen molar-refractivity contribution in [1.29, 1.82) is 0 Å². The molecule has 10 nitrogen and oxygen atoms in total. The molecule has 2 heterocycles. The Morgan fingerprint density at radius 2 is 1.97 bits per heavy atom. The number of aromatic carboxylic acids is 1. The molecule has 1 atom stereocenters. The Bertz CT molecular complexity index is 1210. The number of carbonyl (C=O) groups is 2. The van der Waals surface area contributed by atoms with Gasteiger partial charge < -0.3 is 21.1 Å². The van der Waals surface area contributed by atoms with Crippen molar-refractivity contribution in [1.82, 2.24) is 30.8 Å². The van der Waals surface area contributed by atoms with E-state index in [1.54, 1.807) is 48.5 Å². The smallest absolute Gasteiger partial charge is 0.335 e. The molecule has 0 bridgehead atoms. The van der Waals surface area contributed by atoms with Crippen LogP contribution >= 0.6 is 11.6 Å². The van der Waals surface area contributed by atoms with Gasteiger partial charge in [0.25, 0.3) is 0 Å². The Kier molecular flexibility index (Phi) is 9.23. The summed E-state index contributed by atoms with van der Waals surface area (Å²) in [6, 6.07) is 11.7. The first-order chi connectivity index (χ1) is 18.0. The molecule has 0 saturated carbocycles. The summed E-state index contributed by atoms with van der Waals surface area (Å²) in [5.74, 6) is -0.550. The fourth-order valence-corrected chi connectivity index (χ4v) is 4.54. The van der Waals surface area contributed by atoms with Crippen molar-refractivity contribution in [3.63, 3.8) is 0 Å². The van der Waals surface area contributed by atoms with E-state index in [0.29, 0.717) is 28.7 Å². The molecular weight excluding hydrogens is 494 g/mol. The summed E-state index contributed by atoms with van der Waals surface area (Å²) < 4.78 is 1.51. The molecule has 0 aliphatic carbocycles. The second-order valence-corrected chi connectivity index (χ2v) is 9.47. The van der Waals surface area contributed by atoms with Gasteiger partial charge in [-0.05, 0) is 104 Å². The van der Waals surface area contributed by atoms with Crippen molar-refractivity contribution in [2.24, 2.45) is 5.92 Å². The highest BCUT2D eigenvalue weighted by Gasteiger charge is 2.17. The average molecular weight is 524 g/mol. The standard InChI is InChI=1S/C26H30ClN7O3/c27-21-5-9-24(34-17-30-32-33-34)20(15-21)4-10-25(35)31-23(6-1-18-11-13-28-14-12-18)16-29-22-7-2-19(3-8-22)26(36)37/h2-5,7-10,15,17-18,23,28-29H,1,6,11-14,16H2,(H,31,35)(H,36,37)/b10-4+. The number of halogens is 1. The minimum Gasteiger partial charge on any atom is -0.478 e. The molecule has 1 saturated heterocycles. The molecule has 1 aromatic heterocycles. The minimum absolute atomic E-state index is 0.107. The molecule has 1 unspecified atom stereocenters. The topological polar surface area (TPSA) is 134 Å². The molecular formula is C26H30ClN7O3. The predicted molar refractivity (Wildman–Crippen MR) is 142 cm³/mol. The van der Waals surface area contributed by atoms with Crippen LogP contribution in [0.25, 0.3) is 11.8 Å². The van der Waals surface area contributed by atoms with E-state index in [2.05, 4.69) is 31.5 Å². The predicted octanol–water partition coefficient (Wildman–Crippen LogP) is 3.40. The summed E-state index contributed by atoms with van der Waals surface area (Å²) in [5.41, 5.74) is 2.44. The lowest BCUT2D eigenvalue weighted by Gasteiger charge is -2.25. The maximum Gasteiger partial charge on any atom is 0.335 e. The van der Waals surface area contributed by atoms with Gasteiger partial charge >= 0.3 is 5.97 Å². The number of rotatable bonds is 11. The number of amides is 1. The summed E-state index contributed by atoms with van der Waals surface area (Å²) in [6.45, 7) is 2.58. The van der Waals surface area contributed by atoms with Crippen LogP contribution in [-0.2, 0) is 4.79 Å². The van der Waals surface area contributed by atoms with Gasteiger partial charge in [-0.25, -0.2) is 4.79 Å². The molecule has 1 fully saturated rings. The molecule has 4 N–H and O–H groups in total. The van der Waals surface area contributed by atoms with Gasteiger partial charge in [0, 0.05) is 34.9 Å². The van der Waals surface area contributed by atoms with Crippen molar-refractivity contribution in [2.75, 3.05) is 25.0 Å². The molecule has 0 spiro atoms. The van der Waals surface area contributed by atoms with E-state index < -0.39 is 5.97 Å². The van der Waals surface area contributed by atoms with Crippen molar-refractivity contribution >= 4 is 35.2 Å². The van der Waals surface area contributed by atoms with Gasteiger partial charge in [0.15, 0.2) is 0 Å². The number of carbonyl (C=O) groups excluding carboxylic acids is 1. The number of carboxylic acid groups (broad SMARTS) is 1. The monoisotopic (exact) mass is 523 g/mol. The highest BCUT2D eigenvalue weighted by molar-refractivity contribution is 6.30. The normalized spacial score (nSPS) is 14.9. The molecule has 3 aromatic rings. The number of nitrogens with zero attached hydrogens (tertiary/aromatic N) is 4. The van der Waals surface area contributed by atoms with Crippen LogP contribution in [0.4, 0.5) is 5.69 Å². The highest BCUT2D eigenvalue weighted by atomic mass is 35.5. The zero-order valence-corrected chi connectivity index (χ0v) is 21.1. The zero-order chi connectivity index (χ0) is 26.0. The Morgan fingerprint density at radius 1 is 1.19 bits per heavy atom. The Balaban J connectivity index is 1.41. The Morgan fingerprint density at radius 3 is 2.68 bits per heavy atom. The quantitative estimate of drug-likeness (QED) is 0.281. The first kappa shape index (κ1) is 26.3. The van der Waals surface area contributed by atoms with Gasteiger partial charge in [-0.2, -0.15) is 4.68 Å². The maximum absolute atomic E-state index is 12.9. The van der Waals surface area contributed by atoms with Crippen LogP contribution in [0.15, 0.2) is 54.9 Å². The van der Waals surface area contributed by atoms with Crippen LogP contribution in [0.3, 0.4) is 0 Å². The van der Waals surface area contributed by atoms with E-state index in [-0.39, 0.29) is 17.5 Å². The number of carboxylic acids is 1. The van der Waals surface area contributed by atoms with Crippen LogP contribution in [-0.4, -0.2) is 62.9 Å². The van der Waals surface area contributed by atoms with Crippen molar-refractivity contribution < 1.29 is 14.7 Å². The first-order valence-electron chi connectivity index (χ1n) is 12.3. The molecule has 4 rings (SSSR count). The Hall–Kier alpha value is -3.76. The lowest BCUT2D eigenvalue weighted by atomic mass is 9.91. The van der Waals surface area contributed by atoms with E-state index >= 15 is 0 Å². The van der Waals surface area contributed by atoms with Gasteiger partial charge in [0.1, 0.15) is 6.33 Å². The lowest BCUT2D eigenvalue weighted by molar-refractivity contribution is -0.117. The van der Waals surface area contributed by atoms with Gasteiger partial charge in [0.05, 0.1) is 11.3 Å². The molecule has 11 heteroatoms. The van der Waals surface area contributed by atoms with Gasteiger partial charge in [-0.3, -0.25) is 4.79 Å². The summed E-state index contributed by atoms with van der Waals surface area (Å²) >= 11 is 6.18. The Labute approximate surface area is 220 Å². The number of hydrogen-bond donors (Lipinski definition) is 4. The molecule has 37 heavy (non-hydrogen) atoms. The fraction of sp³-hybridized carbons (Fsp3) is 0.346. The number of piperidine rings is 1. The maximum atomic E-state index is 12.9. The van der Waals surface area contributed by atoms with E-state index in [0.717, 1.165) is 44.5 Å². The van der Waals surface area contributed by atoms with Crippen LogP contribution in [0.2, 0.25) is 5.02 Å². The molecule has 2 aromatic carbocycles. The second kappa shape index (κ2) is 13.0. The zero-order valence-electron chi connectivity index (χ0n) is 20.3. The molecule has 1 amide bonds. The first-order valence-corrected chi connectivity index (χ1v) is 12.6. The van der Waals surface area contributed by atoms with Gasteiger partial charge in [0.2, 0.25) is 5.91 Å². The average Bonchev–Trinajstić information content (AvgIpc) is 3.45. The molecule has 1 aliphatic rings. The van der Waals surface area contributed by atoms with Gasteiger partial charge in [-0.1, -0.05) is 11.6 Å². The third-order valence-corrected chi connectivity index (χ3v) is 6.65. The van der Waals surface area contributed by atoms with Crippen LogP contribution in [0, 0.1) is 5.92 Å². The molecule has 194 valence electrons. The van der Waals surface area contributed by atoms with Crippen LogP contribution < -0.4 is 16.0 Å². The largest absolute Gasteiger partial charge is 0.478 e. The number of tetrazole rings is 1. The highest BCUT2D eigenvalue weighted by Crippen LogP contribution is 2.21. The van der Waals surface area contributed by atoms with Gasteiger partial charge in [-0.15, -0.1) is 5.10 Å². The van der Waals surface area contributed by atoms with E-state index in [1.165, 1.54) is 17.1 Å². The molecule has 0 radical (unpaired) electrons. The summed E-state index contributed by atoms with van der Waals surface area (Å²) in [5, 5.41) is 30.7. The SMILES string of the molecule is O=C(/C=C/c1cc(Cl)ccc1-n1cnnn1)NC(CCC1CCNCC1)CNc1ccc(C(=O)O)cc1. The number of aromatic nitrogens is 4. The van der Waals surface area contributed by atoms with Crippen molar-refractivity contribution in [3.05, 3.63) is 71.0 Å². The second-order valence-electron chi connectivity index (χ2n) is 9.03. The summed E-state index contributed by atoms with van der Waals surface area (Å²) in [7, 11) is 0. The van der Waals surface area contributed by atoms with Crippen LogP contribution in [0.1, 0.15) is 41.6 Å². The van der Waals surface area contributed by atoms with Crippen molar-refractivity contribution in [3.8, 4) is 5.69 Å². The molecule has 1 aliphatic heterocycles. The number of nitrogens with one attached hydrogen (secondary N) is 3. The lowest BCUT2D eigenvalue weighted by Crippen LogP contribution is -2.39. The third-order valence-electron chi connectivity index (χ3n) is 6.41. The number of hydrogen-bond acceptors (Lipinski definition) is 7. The summed E-state index contributed by atoms with van der Waals surface area (Å²) in [4.78, 5) is 24.0. The van der Waals surface area contributed by atoms with E-state index in [1.807, 2.05) is 0 Å². The summed E-state index contributed by atoms with van der Waals surface area (Å²) in [6.07, 6.45) is 8.79. The van der Waals surface area contributed by atoms with E-state index in [9.17, 15) is 9.59 Å². The fourth-order valence-electron chi connectivity index (χ4n) is 4.36. The van der Waals surface area contributed by atoms with E-state index in [4.69, 9.17) is 16.7 Å². The van der Waals surface area contributed by atoms with Crippen LogP contribution in [0.5, 0.6) is 0 Å². The number of anilines is 1. The minimum atomic E-state index is -0.964.